The number of pyridine rings is 1. The van der Waals surface area contributed by atoms with Gasteiger partial charge in [-0.05, 0) is 58.8 Å². The normalized spacial score (nSPS) is 20.2. The van der Waals surface area contributed by atoms with Crippen LogP contribution in [0.2, 0.25) is 0 Å². The molecule has 0 aromatic carbocycles. The van der Waals surface area contributed by atoms with Gasteiger partial charge in [-0.3, -0.25) is 4.98 Å². The summed E-state index contributed by atoms with van der Waals surface area (Å²) in [5.74, 6) is 0. The SMILES string of the molecule is CC(C)N1CCC(N[C@H](C)c2ccccn2)CC1. The van der Waals surface area contributed by atoms with E-state index in [4.69, 9.17) is 0 Å². The second-order valence-electron chi connectivity index (χ2n) is 5.55. The standard InChI is InChI=1S/C15H25N3/c1-12(2)18-10-7-14(8-11-18)17-13(3)15-6-4-5-9-16-15/h4-6,9,12-14,17H,7-8,10-11H2,1-3H3/t13-/m1/s1. The van der Waals surface area contributed by atoms with Crippen molar-refractivity contribution in [3.05, 3.63) is 30.1 Å². The zero-order chi connectivity index (χ0) is 13.0. The lowest BCUT2D eigenvalue weighted by Gasteiger charge is -2.36. The summed E-state index contributed by atoms with van der Waals surface area (Å²) >= 11 is 0. The van der Waals surface area contributed by atoms with Crippen molar-refractivity contribution < 1.29 is 0 Å². The third-order valence-corrected chi connectivity index (χ3v) is 3.88. The summed E-state index contributed by atoms with van der Waals surface area (Å²) in [6, 6.07) is 7.79. The number of likely N-dealkylation sites (tertiary alicyclic amines) is 1. The number of aromatic nitrogens is 1. The lowest BCUT2D eigenvalue weighted by atomic mass is 10.0. The number of hydrogen-bond acceptors (Lipinski definition) is 3. The highest BCUT2D eigenvalue weighted by molar-refractivity contribution is 5.08. The van der Waals surface area contributed by atoms with Gasteiger partial charge in [0.1, 0.15) is 0 Å². The van der Waals surface area contributed by atoms with Gasteiger partial charge in [0.25, 0.3) is 0 Å². The van der Waals surface area contributed by atoms with Crippen molar-refractivity contribution >= 4 is 0 Å². The molecular formula is C15H25N3. The molecule has 1 aromatic rings. The molecule has 0 saturated carbocycles. The molecule has 1 aliphatic heterocycles. The van der Waals surface area contributed by atoms with Crippen LogP contribution < -0.4 is 5.32 Å². The summed E-state index contributed by atoms with van der Waals surface area (Å²) in [5.41, 5.74) is 1.14. The van der Waals surface area contributed by atoms with E-state index in [0.29, 0.717) is 18.1 Å². The van der Waals surface area contributed by atoms with Crippen LogP contribution in [0.15, 0.2) is 24.4 Å². The van der Waals surface area contributed by atoms with Gasteiger partial charge in [-0.2, -0.15) is 0 Å². The molecule has 1 aromatic heterocycles. The fourth-order valence-corrected chi connectivity index (χ4v) is 2.65. The van der Waals surface area contributed by atoms with Crippen LogP contribution in [0.4, 0.5) is 0 Å². The molecule has 1 fully saturated rings. The van der Waals surface area contributed by atoms with Gasteiger partial charge >= 0.3 is 0 Å². The summed E-state index contributed by atoms with van der Waals surface area (Å²) < 4.78 is 0. The molecule has 2 rings (SSSR count). The number of piperidine rings is 1. The van der Waals surface area contributed by atoms with E-state index in [0.717, 1.165) is 5.69 Å². The maximum Gasteiger partial charge on any atom is 0.0570 e. The highest BCUT2D eigenvalue weighted by atomic mass is 15.2. The molecule has 1 aliphatic rings. The first-order chi connectivity index (χ1) is 8.66. The van der Waals surface area contributed by atoms with E-state index in [1.807, 2.05) is 12.3 Å². The first-order valence-electron chi connectivity index (χ1n) is 7.08. The number of rotatable bonds is 4. The predicted molar refractivity (Wildman–Crippen MR) is 75.5 cm³/mol. The van der Waals surface area contributed by atoms with Gasteiger partial charge in [-0.1, -0.05) is 6.07 Å². The van der Waals surface area contributed by atoms with E-state index in [2.05, 4.69) is 48.1 Å². The van der Waals surface area contributed by atoms with Gasteiger partial charge in [-0.15, -0.1) is 0 Å². The Bertz CT molecular complexity index is 342. The molecule has 100 valence electrons. The minimum Gasteiger partial charge on any atom is -0.306 e. The van der Waals surface area contributed by atoms with Crippen LogP contribution in [-0.4, -0.2) is 35.1 Å². The summed E-state index contributed by atoms with van der Waals surface area (Å²) in [5, 5.41) is 3.71. The van der Waals surface area contributed by atoms with Gasteiger partial charge in [0.15, 0.2) is 0 Å². The van der Waals surface area contributed by atoms with Crippen LogP contribution in [0.3, 0.4) is 0 Å². The summed E-state index contributed by atoms with van der Waals surface area (Å²) in [6.07, 6.45) is 4.36. The van der Waals surface area contributed by atoms with Crippen LogP contribution >= 0.6 is 0 Å². The Morgan fingerprint density at radius 2 is 1.94 bits per heavy atom. The summed E-state index contributed by atoms with van der Waals surface area (Å²) in [7, 11) is 0. The molecule has 2 heterocycles. The van der Waals surface area contributed by atoms with E-state index < -0.39 is 0 Å². The molecule has 0 aliphatic carbocycles. The van der Waals surface area contributed by atoms with E-state index in [1.165, 1.54) is 25.9 Å². The number of hydrogen-bond donors (Lipinski definition) is 1. The Morgan fingerprint density at radius 1 is 1.22 bits per heavy atom. The number of nitrogens with zero attached hydrogens (tertiary/aromatic N) is 2. The Hall–Kier alpha value is -0.930. The largest absolute Gasteiger partial charge is 0.306 e. The van der Waals surface area contributed by atoms with Gasteiger partial charge in [0, 0.05) is 24.3 Å². The average molecular weight is 247 g/mol. The van der Waals surface area contributed by atoms with Crippen molar-refractivity contribution in [2.24, 2.45) is 0 Å². The van der Waals surface area contributed by atoms with Crippen molar-refractivity contribution in [2.75, 3.05) is 13.1 Å². The lowest BCUT2D eigenvalue weighted by Crippen LogP contribution is -2.45. The minimum atomic E-state index is 0.349. The van der Waals surface area contributed by atoms with Crippen molar-refractivity contribution in [3.8, 4) is 0 Å². The molecular weight excluding hydrogens is 222 g/mol. The van der Waals surface area contributed by atoms with Crippen LogP contribution in [0.1, 0.15) is 45.3 Å². The Balaban J connectivity index is 1.81. The Labute approximate surface area is 111 Å². The van der Waals surface area contributed by atoms with E-state index >= 15 is 0 Å². The smallest absolute Gasteiger partial charge is 0.0570 e. The molecule has 0 radical (unpaired) electrons. The molecule has 18 heavy (non-hydrogen) atoms. The molecule has 0 spiro atoms. The molecule has 0 unspecified atom stereocenters. The van der Waals surface area contributed by atoms with Gasteiger partial charge in [0.05, 0.1) is 5.69 Å². The van der Waals surface area contributed by atoms with Crippen molar-refractivity contribution in [2.45, 2.75) is 51.7 Å². The molecule has 1 atom stereocenters. The van der Waals surface area contributed by atoms with E-state index in [-0.39, 0.29) is 0 Å². The topological polar surface area (TPSA) is 28.2 Å². The number of nitrogens with one attached hydrogen (secondary N) is 1. The molecule has 3 nitrogen and oxygen atoms in total. The summed E-state index contributed by atoms with van der Waals surface area (Å²) in [4.78, 5) is 6.97. The maximum absolute atomic E-state index is 4.41. The fourth-order valence-electron chi connectivity index (χ4n) is 2.65. The third-order valence-electron chi connectivity index (χ3n) is 3.88. The van der Waals surface area contributed by atoms with Crippen LogP contribution in [0.5, 0.6) is 0 Å². The average Bonchev–Trinajstić information content (AvgIpc) is 2.40. The van der Waals surface area contributed by atoms with E-state index in [9.17, 15) is 0 Å². The Morgan fingerprint density at radius 3 is 2.50 bits per heavy atom. The highest BCUT2D eigenvalue weighted by Crippen LogP contribution is 2.17. The fraction of sp³-hybridized carbons (Fsp3) is 0.667. The summed E-state index contributed by atoms with van der Waals surface area (Å²) in [6.45, 7) is 9.19. The van der Waals surface area contributed by atoms with Gasteiger partial charge in [0.2, 0.25) is 0 Å². The monoisotopic (exact) mass is 247 g/mol. The third kappa shape index (κ3) is 3.53. The lowest BCUT2D eigenvalue weighted by molar-refractivity contribution is 0.157. The molecule has 1 N–H and O–H groups in total. The first kappa shape index (κ1) is 13.5. The highest BCUT2D eigenvalue weighted by Gasteiger charge is 2.22. The first-order valence-corrected chi connectivity index (χ1v) is 7.08. The molecule has 1 saturated heterocycles. The quantitative estimate of drug-likeness (QED) is 0.886. The zero-order valence-electron chi connectivity index (χ0n) is 11.8. The van der Waals surface area contributed by atoms with Crippen LogP contribution in [0.25, 0.3) is 0 Å². The van der Waals surface area contributed by atoms with Crippen molar-refractivity contribution in [1.29, 1.82) is 0 Å². The molecule has 0 amide bonds. The van der Waals surface area contributed by atoms with Crippen molar-refractivity contribution in [1.82, 2.24) is 15.2 Å². The van der Waals surface area contributed by atoms with Crippen LogP contribution in [0, 0.1) is 0 Å². The van der Waals surface area contributed by atoms with E-state index in [1.54, 1.807) is 0 Å². The minimum absolute atomic E-state index is 0.349. The molecule has 0 bridgehead atoms. The maximum atomic E-state index is 4.41. The predicted octanol–water partition coefficient (Wildman–Crippen LogP) is 2.61. The Kier molecular flexibility index (Phi) is 4.72. The second kappa shape index (κ2) is 6.30. The van der Waals surface area contributed by atoms with Gasteiger partial charge < -0.3 is 10.2 Å². The zero-order valence-corrected chi connectivity index (χ0v) is 11.8. The second-order valence-corrected chi connectivity index (χ2v) is 5.55. The van der Waals surface area contributed by atoms with Gasteiger partial charge in [-0.25, -0.2) is 0 Å². The van der Waals surface area contributed by atoms with Crippen LogP contribution in [-0.2, 0) is 0 Å². The molecule has 3 heteroatoms. The van der Waals surface area contributed by atoms with Crippen molar-refractivity contribution in [3.63, 3.8) is 0 Å².